The lowest BCUT2D eigenvalue weighted by Crippen LogP contribution is -2.31. The Labute approximate surface area is 111 Å². The van der Waals surface area contributed by atoms with Gasteiger partial charge < -0.3 is 0 Å². The highest BCUT2D eigenvalue weighted by Crippen LogP contribution is 2.30. The summed E-state index contributed by atoms with van der Waals surface area (Å²) in [5, 5.41) is 0. The molecular weight excluding hydrogens is 240 g/mol. The summed E-state index contributed by atoms with van der Waals surface area (Å²) in [6.07, 6.45) is 0.756. The van der Waals surface area contributed by atoms with E-state index in [-0.39, 0.29) is 11.6 Å². The van der Waals surface area contributed by atoms with E-state index in [2.05, 4.69) is 0 Å². The Hall–Kier alpha value is -2.10. The molecule has 0 spiro atoms. The third-order valence-electron chi connectivity index (χ3n) is 3.96. The van der Waals surface area contributed by atoms with Gasteiger partial charge in [0.05, 0.1) is 11.2 Å². The summed E-state index contributed by atoms with van der Waals surface area (Å²) in [7, 11) is 0. The number of hydrogen-bond acceptors (Lipinski definition) is 2. The van der Waals surface area contributed by atoms with Crippen molar-refractivity contribution in [1.82, 2.24) is 8.97 Å². The predicted octanol–water partition coefficient (Wildman–Crippen LogP) is 2.56. The van der Waals surface area contributed by atoms with Gasteiger partial charge in [-0.05, 0) is 50.5 Å². The van der Waals surface area contributed by atoms with Crippen LogP contribution in [0.1, 0.15) is 42.0 Å². The number of allylic oxidation sites excluding steroid dienone is 2. The van der Waals surface area contributed by atoms with Gasteiger partial charge in [-0.2, -0.15) is 0 Å². The maximum Gasteiger partial charge on any atom is 0.340 e. The van der Waals surface area contributed by atoms with Crippen LogP contribution in [0.5, 0.6) is 0 Å². The van der Waals surface area contributed by atoms with E-state index < -0.39 is 0 Å². The lowest BCUT2D eigenvalue weighted by Gasteiger charge is -2.07. The molecular formula is C15H16N2O2. The summed E-state index contributed by atoms with van der Waals surface area (Å²) < 4.78 is 2.91. The zero-order valence-electron chi connectivity index (χ0n) is 11.6. The van der Waals surface area contributed by atoms with Crippen molar-refractivity contribution in [2.24, 2.45) is 0 Å². The summed E-state index contributed by atoms with van der Waals surface area (Å²) in [6.45, 7) is 7.67. The van der Waals surface area contributed by atoms with Crippen LogP contribution in [0.15, 0.2) is 22.5 Å². The number of aryl methyl sites for hydroxylation is 2. The van der Waals surface area contributed by atoms with Crippen molar-refractivity contribution in [2.75, 3.05) is 0 Å². The van der Waals surface area contributed by atoms with Gasteiger partial charge >= 0.3 is 5.69 Å². The van der Waals surface area contributed by atoms with Crippen molar-refractivity contribution in [3.63, 3.8) is 0 Å². The van der Waals surface area contributed by atoms with Crippen LogP contribution in [-0.2, 0) is 0 Å². The van der Waals surface area contributed by atoms with E-state index in [4.69, 9.17) is 0 Å². The number of aromatic nitrogens is 2. The smallest absolute Gasteiger partial charge is 0.269 e. The van der Waals surface area contributed by atoms with Crippen LogP contribution in [0.4, 0.5) is 0 Å². The number of carbonyl (C=O) groups excluding carboxylic acids is 1. The topological polar surface area (TPSA) is 43.5 Å². The second-order valence-electron chi connectivity index (χ2n) is 5.10. The molecule has 0 bridgehead atoms. The minimum atomic E-state index is -0.258. The van der Waals surface area contributed by atoms with Gasteiger partial charge in [-0.15, -0.1) is 0 Å². The van der Waals surface area contributed by atoms with E-state index in [0.29, 0.717) is 5.57 Å². The van der Waals surface area contributed by atoms with Crippen molar-refractivity contribution in [3.05, 3.63) is 45.1 Å². The summed E-state index contributed by atoms with van der Waals surface area (Å²) in [5.41, 5.74) is 4.97. The molecule has 2 aromatic heterocycles. The normalized spacial score (nSPS) is 14.6. The van der Waals surface area contributed by atoms with Crippen LogP contribution in [0.3, 0.4) is 0 Å². The van der Waals surface area contributed by atoms with E-state index >= 15 is 0 Å². The summed E-state index contributed by atoms with van der Waals surface area (Å²) >= 11 is 0. The fourth-order valence-corrected chi connectivity index (χ4v) is 3.00. The second kappa shape index (κ2) is 3.70. The quantitative estimate of drug-likeness (QED) is 0.787. The number of carbonyl (C=O) groups is 1. The molecule has 4 heteroatoms. The van der Waals surface area contributed by atoms with E-state index in [0.717, 1.165) is 34.5 Å². The Morgan fingerprint density at radius 2 is 1.79 bits per heavy atom. The minimum Gasteiger partial charge on any atom is -0.269 e. The van der Waals surface area contributed by atoms with Crippen LogP contribution >= 0.6 is 0 Å². The van der Waals surface area contributed by atoms with Crippen LogP contribution in [0, 0.1) is 13.8 Å². The number of rotatable bonds is 1. The van der Waals surface area contributed by atoms with Gasteiger partial charge in [-0.1, -0.05) is 6.92 Å². The molecule has 1 aliphatic heterocycles. The number of fused-ring (bicyclic) bond motifs is 2. The first kappa shape index (κ1) is 12.0. The zero-order chi connectivity index (χ0) is 13.9. The van der Waals surface area contributed by atoms with Gasteiger partial charge in [0.1, 0.15) is 0 Å². The fourth-order valence-electron chi connectivity index (χ4n) is 3.00. The number of nitrogens with zero attached hydrogens (tertiary/aromatic N) is 2. The molecule has 3 heterocycles. The summed E-state index contributed by atoms with van der Waals surface area (Å²) in [5.74, 6) is -0.190. The first-order valence-electron chi connectivity index (χ1n) is 6.47. The van der Waals surface area contributed by atoms with Crippen LogP contribution in [0.25, 0.3) is 11.1 Å². The molecule has 0 unspecified atom stereocenters. The highest BCUT2D eigenvalue weighted by molar-refractivity contribution is 6.08. The van der Waals surface area contributed by atoms with Gasteiger partial charge in [-0.25, -0.2) is 9.36 Å². The van der Waals surface area contributed by atoms with Crippen molar-refractivity contribution >= 4 is 17.0 Å². The largest absolute Gasteiger partial charge is 0.340 e. The standard InChI is InChI=1S/C15H16N2O2/c1-5-11-10(4)14(18)17-13(11)7-12-8(2)6-9(3)16(12)15(17)19/h6-7H,5H2,1-4H3. The van der Waals surface area contributed by atoms with Crippen LogP contribution in [-0.4, -0.2) is 14.9 Å². The molecule has 0 amide bonds. The molecule has 0 saturated carbocycles. The molecule has 0 aliphatic carbocycles. The lowest BCUT2D eigenvalue weighted by atomic mass is 10.1. The van der Waals surface area contributed by atoms with Crippen LogP contribution < -0.4 is 5.69 Å². The van der Waals surface area contributed by atoms with Crippen molar-refractivity contribution < 1.29 is 4.79 Å². The molecule has 0 N–H and O–H groups in total. The van der Waals surface area contributed by atoms with Crippen LogP contribution in [0.2, 0.25) is 0 Å². The molecule has 19 heavy (non-hydrogen) atoms. The first-order chi connectivity index (χ1) is 8.97. The Morgan fingerprint density at radius 3 is 2.42 bits per heavy atom. The fraction of sp³-hybridized carbons (Fsp3) is 0.333. The van der Waals surface area contributed by atoms with E-state index in [1.165, 1.54) is 4.57 Å². The molecule has 0 atom stereocenters. The molecule has 0 fully saturated rings. The highest BCUT2D eigenvalue weighted by atomic mass is 16.2. The van der Waals surface area contributed by atoms with E-state index in [1.807, 2.05) is 32.9 Å². The minimum absolute atomic E-state index is 0.190. The molecule has 0 aromatic carbocycles. The number of hydrogen-bond donors (Lipinski definition) is 0. The average molecular weight is 256 g/mol. The van der Waals surface area contributed by atoms with Crippen molar-refractivity contribution in [2.45, 2.75) is 34.1 Å². The van der Waals surface area contributed by atoms with Gasteiger partial charge in [0.15, 0.2) is 0 Å². The predicted molar refractivity (Wildman–Crippen MR) is 74.6 cm³/mol. The Kier molecular flexibility index (Phi) is 2.33. The summed E-state index contributed by atoms with van der Waals surface area (Å²) in [4.78, 5) is 24.8. The molecule has 0 saturated heterocycles. The van der Waals surface area contributed by atoms with E-state index in [9.17, 15) is 9.59 Å². The van der Waals surface area contributed by atoms with E-state index in [1.54, 1.807) is 11.3 Å². The van der Waals surface area contributed by atoms with Gasteiger partial charge in [-0.3, -0.25) is 9.20 Å². The Balaban J connectivity index is 2.52. The monoisotopic (exact) mass is 256 g/mol. The third-order valence-corrected chi connectivity index (χ3v) is 3.96. The third kappa shape index (κ3) is 1.34. The molecule has 4 nitrogen and oxygen atoms in total. The molecule has 2 aromatic rings. The van der Waals surface area contributed by atoms with Gasteiger partial charge in [0.2, 0.25) is 0 Å². The highest BCUT2D eigenvalue weighted by Gasteiger charge is 2.28. The average Bonchev–Trinajstić information content (AvgIpc) is 2.77. The second-order valence-corrected chi connectivity index (χ2v) is 5.10. The molecule has 1 aliphatic rings. The lowest BCUT2D eigenvalue weighted by molar-refractivity contribution is 0.0955. The van der Waals surface area contributed by atoms with Crippen molar-refractivity contribution in [3.8, 4) is 0 Å². The SMILES string of the molecule is CCC1=C(C)C(=O)n2c1cc1c(C)cc(C)n1c2=O. The van der Waals surface area contributed by atoms with Crippen molar-refractivity contribution in [1.29, 1.82) is 0 Å². The first-order valence-corrected chi connectivity index (χ1v) is 6.47. The van der Waals surface area contributed by atoms with Gasteiger partial charge in [0, 0.05) is 11.3 Å². The summed E-state index contributed by atoms with van der Waals surface area (Å²) in [6, 6.07) is 3.93. The molecule has 0 radical (unpaired) electrons. The van der Waals surface area contributed by atoms with Gasteiger partial charge in [0.25, 0.3) is 5.91 Å². The molecule has 3 rings (SSSR count). The Bertz CT molecular complexity index is 819. The Morgan fingerprint density at radius 1 is 1.11 bits per heavy atom. The maximum atomic E-state index is 12.6. The molecule has 98 valence electrons. The maximum absolute atomic E-state index is 12.6. The zero-order valence-corrected chi connectivity index (χ0v) is 11.6.